The predicted molar refractivity (Wildman–Crippen MR) is 250 cm³/mol. The minimum Gasteiger partial charge on any atom is -0.394 e. The Hall–Kier alpha value is -0.910. The predicted octanol–water partition coefficient (Wildman–Crippen LogP) is 15.6. The van der Waals surface area contributed by atoms with Gasteiger partial charge in [0.2, 0.25) is 5.91 Å². The number of hydrogen-bond donors (Lipinski definition) is 4. The molecule has 1 amide bonds. The molecule has 0 rings (SSSR count). The number of hydrogen-bond acceptors (Lipinski definition) is 4. The van der Waals surface area contributed by atoms with E-state index in [4.69, 9.17) is 0 Å². The fourth-order valence-electron chi connectivity index (χ4n) is 8.34. The van der Waals surface area contributed by atoms with Gasteiger partial charge in [0.25, 0.3) is 0 Å². The highest BCUT2D eigenvalue weighted by Gasteiger charge is 2.20. The summed E-state index contributed by atoms with van der Waals surface area (Å²) in [4.78, 5) is 12.5. The number of amides is 1. The Kier molecular flexibility index (Phi) is 47.0. The highest BCUT2D eigenvalue weighted by Crippen LogP contribution is 2.17. The van der Waals surface area contributed by atoms with E-state index in [1.165, 1.54) is 238 Å². The van der Waals surface area contributed by atoms with Gasteiger partial charge in [-0.3, -0.25) is 4.79 Å². The number of carbonyl (C=O) groups excluding carboxylic acids is 1. The number of aliphatic hydroxyl groups excluding tert-OH is 3. The molecule has 0 aliphatic heterocycles. The summed E-state index contributed by atoms with van der Waals surface area (Å²) in [6.45, 7) is 4.25. The Labute approximate surface area is 357 Å². The molecule has 3 atom stereocenters. The van der Waals surface area contributed by atoms with Crippen LogP contribution in [0.4, 0.5) is 0 Å². The fourth-order valence-corrected chi connectivity index (χ4v) is 8.34. The molecule has 5 heteroatoms. The number of rotatable bonds is 48. The van der Waals surface area contributed by atoms with E-state index < -0.39 is 18.2 Å². The zero-order valence-electron chi connectivity index (χ0n) is 38.7. The molecule has 0 radical (unpaired) electrons. The van der Waals surface area contributed by atoms with Gasteiger partial charge in [-0.15, -0.1) is 0 Å². The SMILES string of the molecule is CCCCCCCCCCCCCCCCCCCC/C=C/C(O)C(CO)NC(=O)CC(O)CCCCCCCCCCCCCCCCCCCCCCCC. The molecule has 0 aromatic rings. The molecule has 0 saturated heterocycles. The summed E-state index contributed by atoms with van der Waals surface area (Å²) in [6, 6.07) is -0.740. The van der Waals surface area contributed by atoms with Crippen LogP contribution in [-0.2, 0) is 4.79 Å². The minimum atomic E-state index is -0.925. The van der Waals surface area contributed by atoms with E-state index in [0.717, 1.165) is 25.7 Å². The Bertz CT molecular complexity index is 803. The van der Waals surface area contributed by atoms with E-state index in [0.29, 0.717) is 6.42 Å². The molecule has 0 bridgehead atoms. The van der Waals surface area contributed by atoms with E-state index >= 15 is 0 Å². The molecular formula is C52H103NO4. The van der Waals surface area contributed by atoms with Crippen LogP contribution in [-0.4, -0.2) is 46.1 Å². The lowest BCUT2D eigenvalue weighted by atomic mass is 10.0. The molecule has 340 valence electrons. The van der Waals surface area contributed by atoms with Gasteiger partial charge in [-0.2, -0.15) is 0 Å². The Morgan fingerprint density at radius 2 is 0.719 bits per heavy atom. The summed E-state index contributed by atoms with van der Waals surface area (Å²) in [5, 5.41) is 33.4. The van der Waals surface area contributed by atoms with Crippen molar-refractivity contribution < 1.29 is 20.1 Å². The lowest BCUT2D eigenvalue weighted by molar-refractivity contribution is -0.124. The molecule has 0 fully saturated rings. The topological polar surface area (TPSA) is 89.8 Å². The summed E-state index contributed by atoms with van der Waals surface area (Å²) in [5.41, 5.74) is 0. The van der Waals surface area contributed by atoms with Crippen LogP contribution in [0.5, 0.6) is 0 Å². The maximum Gasteiger partial charge on any atom is 0.222 e. The maximum atomic E-state index is 12.5. The van der Waals surface area contributed by atoms with Crippen molar-refractivity contribution in [3.63, 3.8) is 0 Å². The average Bonchev–Trinajstić information content (AvgIpc) is 3.20. The molecule has 0 aromatic heterocycles. The molecule has 0 aromatic carbocycles. The third-order valence-electron chi connectivity index (χ3n) is 12.3. The lowest BCUT2D eigenvalue weighted by Gasteiger charge is -2.21. The summed E-state index contributed by atoms with van der Waals surface area (Å²) in [5.74, 6) is -0.309. The second kappa shape index (κ2) is 47.8. The highest BCUT2D eigenvalue weighted by molar-refractivity contribution is 5.76. The molecule has 0 heterocycles. The molecule has 0 aliphatic rings. The van der Waals surface area contributed by atoms with Crippen molar-refractivity contribution in [2.75, 3.05) is 6.61 Å². The zero-order valence-corrected chi connectivity index (χ0v) is 38.7. The van der Waals surface area contributed by atoms with Crippen LogP contribution in [0.2, 0.25) is 0 Å². The quantitative estimate of drug-likeness (QED) is 0.0364. The van der Waals surface area contributed by atoms with E-state index in [1.54, 1.807) is 6.08 Å². The number of aliphatic hydroxyl groups is 3. The molecule has 57 heavy (non-hydrogen) atoms. The molecule has 5 nitrogen and oxygen atoms in total. The standard InChI is InChI=1S/C52H103NO4/c1-3-5-7-9-11-13-15-17-19-21-23-25-26-27-29-31-33-35-37-39-41-43-45-49(55)47-52(57)53-50(48-54)51(56)46-44-42-40-38-36-34-32-30-28-24-22-20-18-16-14-12-10-8-6-4-2/h44,46,49-51,54-56H,3-43,45,47-48H2,1-2H3,(H,53,57)/b46-44+. The van der Waals surface area contributed by atoms with Crippen LogP contribution in [0, 0.1) is 0 Å². The van der Waals surface area contributed by atoms with Gasteiger partial charge in [0.05, 0.1) is 31.3 Å². The van der Waals surface area contributed by atoms with Gasteiger partial charge in [0, 0.05) is 0 Å². The summed E-state index contributed by atoms with van der Waals surface area (Å²) in [6.07, 6.45) is 58.1. The van der Waals surface area contributed by atoms with Gasteiger partial charge >= 0.3 is 0 Å². The number of allylic oxidation sites excluding steroid dienone is 1. The first-order valence-electron chi connectivity index (χ1n) is 26.0. The summed E-state index contributed by atoms with van der Waals surface area (Å²) < 4.78 is 0. The fraction of sp³-hybridized carbons (Fsp3) is 0.942. The zero-order chi connectivity index (χ0) is 41.5. The van der Waals surface area contributed by atoms with Gasteiger partial charge in [-0.25, -0.2) is 0 Å². The highest BCUT2D eigenvalue weighted by atomic mass is 16.3. The molecule has 0 aliphatic carbocycles. The smallest absolute Gasteiger partial charge is 0.222 e. The van der Waals surface area contributed by atoms with Crippen LogP contribution in [0.1, 0.15) is 290 Å². The maximum absolute atomic E-state index is 12.5. The van der Waals surface area contributed by atoms with Crippen LogP contribution in [0.3, 0.4) is 0 Å². The van der Waals surface area contributed by atoms with E-state index in [2.05, 4.69) is 19.2 Å². The van der Waals surface area contributed by atoms with Crippen LogP contribution < -0.4 is 5.32 Å². The number of unbranched alkanes of at least 4 members (excludes halogenated alkanes) is 39. The molecule has 3 unspecified atom stereocenters. The van der Waals surface area contributed by atoms with Crippen molar-refractivity contribution in [3.8, 4) is 0 Å². The average molecular weight is 806 g/mol. The molecule has 4 N–H and O–H groups in total. The lowest BCUT2D eigenvalue weighted by Crippen LogP contribution is -2.45. The van der Waals surface area contributed by atoms with Gasteiger partial charge < -0.3 is 20.6 Å². The van der Waals surface area contributed by atoms with Gasteiger partial charge in [-0.05, 0) is 19.3 Å². The van der Waals surface area contributed by atoms with Crippen LogP contribution in [0.25, 0.3) is 0 Å². The molecule has 0 saturated carbocycles. The Balaban J connectivity index is 3.57. The monoisotopic (exact) mass is 806 g/mol. The van der Waals surface area contributed by atoms with E-state index in [9.17, 15) is 20.1 Å². The van der Waals surface area contributed by atoms with E-state index in [-0.39, 0.29) is 18.9 Å². The van der Waals surface area contributed by atoms with Gasteiger partial charge in [-0.1, -0.05) is 276 Å². The first-order valence-corrected chi connectivity index (χ1v) is 26.0. The largest absolute Gasteiger partial charge is 0.394 e. The number of nitrogens with one attached hydrogen (secondary N) is 1. The van der Waals surface area contributed by atoms with Crippen molar-refractivity contribution in [1.29, 1.82) is 0 Å². The van der Waals surface area contributed by atoms with Crippen LogP contribution >= 0.6 is 0 Å². The minimum absolute atomic E-state index is 0.0193. The van der Waals surface area contributed by atoms with Crippen molar-refractivity contribution in [2.24, 2.45) is 0 Å². The second-order valence-electron chi connectivity index (χ2n) is 18.1. The molecule has 0 spiro atoms. The molecular weight excluding hydrogens is 703 g/mol. The van der Waals surface area contributed by atoms with Crippen molar-refractivity contribution >= 4 is 5.91 Å². The first-order chi connectivity index (χ1) is 28.0. The Morgan fingerprint density at radius 3 is 1.02 bits per heavy atom. The van der Waals surface area contributed by atoms with E-state index in [1.807, 2.05) is 6.08 Å². The van der Waals surface area contributed by atoms with Gasteiger partial charge in [0.15, 0.2) is 0 Å². The summed E-state index contributed by atoms with van der Waals surface area (Å²) >= 11 is 0. The second-order valence-corrected chi connectivity index (χ2v) is 18.1. The van der Waals surface area contributed by atoms with Crippen molar-refractivity contribution in [3.05, 3.63) is 12.2 Å². The number of carbonyl (C=O) groups is 1. The third kappa shape index (κ3) is 44.5. The normalized spacial score (nSPS) is 13.4. The third-order valence-corrected chi connectivity index (χ3v) is 12.3. The Morgan fingerprint density at radius 1 is 0.439 bits per heavy atom. The van der Waals surface area contributed by atoms with Crippen molar-refractivity contribution in [2.45, 2.75) is 308 Å². The first kappa shape index (κ1) is 56.1. The van der Waals surface area contributed by atoms with Crippen LogP contribution in [0.15, 0.2) is 12.2 Å². The van der Waals surface area contributed by atoms with Crippen molar-refractivity contribution in [1.82, 2.24) is 5.32 Å². The van der Waals surface area contributed by atoms with Gasteiger partial charge in [0.1, 0.15) is 0 Å². The summed E-state index contributed by atoms with van der Waals surface area (Å²) in [7, 11) is 0.